The Morgan fingerprint density at radius 2 is 2.00 bits per heavy atom. The van der Waals surface area contributed by atoms with Crippen molar-refractivity contribution in [3.63, 3.8) is 0 Å². The van der Waals surface area contributed by atoms with Gasteiger partial charge in [-0.2, -0.15) is 4.91 Å². The third-order valence-corrected chi connectivity index (χ3v) is 2.89. The van der Waals surface area contributed by atoms with Crippen LogP contribution >= 0.6 is 0 Å². The fraction of sp³-hybridized carbons (Fsp3) is 0.778. The molecule has 4 atom stereocenters. The van der Waals surface area contributed by atoms with Crippen LogP contribution < -0.4 is 0 Å². The zero-order chi connectivity index (χ0) is 9.30. The summed E-state index contributed by atoms with van der Waals surface area (Å²) >= 11 is 0. The van der Waals surface area contributed by atoms with E-state index in [-0.39, 0.29) is 17.9 Å². The average Bonchev–Trinajstić information content (AvgIpc) is 2.08. The maximum absolute atomic E-state index is 10.4. The number of rotatable bonds is 1. The Balaban J connectivity index is 2.90. The summed E-state index contributed by atoms with van der Waals surface area (Å²) in [7, 11) is 0. The van der Waals surface area contributed by atoms with Gasteiger partial charge in [-0.1, -0.05) is 25.1 Å². The van der Waals surface area contributed by atoms with Crippen LogP contribution in [0.5, 0.6) is 0 Å². The molecule has 4 unspecified atom stereocenters. The van der Waals surface area contributed by atoms with Crippen molar-refractivity contribution < 1.29 is 5.11 Å². The van der Waals surface area contributed by atoms with Gasteiger partial charge in [0.15, 0.2) is 0 Å². The van der Waals surface area contributed by atoms with Crippen LogP contribution in [-0.2, 0) is 0 Å². The van der Waals surface area contributed by atoms with Gasteiger partial charge in [-0.25, -0.2) is 0 Å². The molecular formula is C9H15NO2. The summed E-state index contributed by atoms with van der Waals surface area (Å²) in [6.07, 6.45) is 1.36. The second-order valence-corrected chi connectivity index (χ2v) is 3.67. The topological polar surface area (TPSA) is 49.7 Å². The highest BCUT2D eigenvalue weighted by Crippen LogP contribution is 2.30. The lowest BCUT2D eigenvalue weighted by Gasteiger charge is -2.32. The lowest BCUT2D eigenvalue weighted by molar-refractivity contribution is 0.103. The summed E-state index contributed by atoms with van der Waals surface area (Å²) in [6.45, 7) is 5.73. The zero-order valence-corrected chi connectivity index (χ0v) is 7.69. The molecule has 0 aromatic heterocycles. The van der Waals surface area contributed by atoms with Gasteiger partial charge in [-0.3, -0.25) is 0 Å². The lowest BCUT2D eigenvalue weighted by Crippen LogP contribution is -2.35. The highest BCUT2D eigenvalue weighted by Gasteiger charge is 2.32. The summed E-state index contributed by atoms with van der Waals surface area (Å²) in [6, 6.07) is -0.261. The van der Waals surface area contributed by atoms with Crippen LogP contribution in [0.1, 0.15) is 20.8 Å². The van der Waals surface area contributed by atoms with Gasteiger partial charge in [0.1, 0.15) is 6.04 Å². The standard InChI is InChI=1S/C9H15NO2/c1-5-4-8(10-12)6(2)7(3)9(5)11/h4,6-9,11H,1-3H3. The fourth-order valence-corrected chi connectivity index (χ4v) is 1.66. The highest BCUT2D eigenvalue weighted by atomic mass is 16.3. The first-order valence-corrected chi connectivity index (χ1v) is 4.26. The number of hydrogen-bond acceptors (Lipinski definition) is 3. The van der Waals surface area contributed by atoms with Crippen LogP contribution in [0.25, 0.3) is 0 Å². The van der Waals surface area contributed by atoms with E-state index in [4.69, 9.17) is 0 Å². The Kier molecular flexibility index (Phi) is 2.62. The molecule has 0 heterocycles. The molecule has 68 valence electrons. The molecule has 0 aromatic carbocycles. The number of nitrogens with zero attached hydrogens (tertiary/aromatic N) is 1. The SMILES string of the molecule is CC1=CC(N=O)C(C)C(C)C1O. The summed E-state index contributed by atoms with van der Waals surface area (Å²) in [5.74, 6) is 0.263. The van der Waals surface area contributed by atoms with Gasteiger partial charge in [-0.15, -0.1) is 0 Å². The maximum Gasteiger partial charge on any atom is 0.113 e. The lowest BCUT2D eigenvalue weighted by atomic mass is 9.77. The van der Waals surface area contributed by atoms with Gasteiger partial charge in [0.25, 0.3) is 0 Å². The van der Waals surface area contributed by atoms with E-state index in [1.807, 2.05) is 20.8 Å². The largest absolute Gasteiger partial charge is 0.388 e. The van der Waals surface area contributed by atoms with E-state index in [0.29, 0.717) is 0 Å². The Morgan fingerprint density at radius 1 is 1.42 bits per heavy atom. The molecule has 1 aliphatic carbocycles. The second-order valence-electron chi connectivity index (χ2n) is 3.67. The van der Waals surface area contributed by atoms with Crippen LogP contribution in [0.3, 0.4) is 0 Å². The minimum atomic E-state index is -0.405. The van der Waals surface area contributed by atoms with Crippen molar-refractivity contribution in [3.05, 3.63) is 16.6 Å². The first kappa shape index (κ1) is 9.39. The molecule has 0 bridgehead atoms. The number of hydrogen-bond donors (Lipinski definition) is 1. The zero-order valence-electron chi connectivity index (χ0n) is 7.69. The van der Waals surface area contributed by atoms with Crippen molar-refractivity contribution in [1.29, 1.82) is 0 Å². The predicted molar refractivity (Wildman–Crippen MR) is 47.7 cm³/mol. The molecule has 0 aromatic rings. The van der Waals surface area contributed by atoms with Crippen LogP contribution in [-0.4, -0.2) is 17.3 Å². The third kappa shape index (κ3) is 1.41. The van der Waals surface area contributed by atoms with Crippen molar-refractivity contribution in [2.45, 2.75) is 32.9 Å². The number of aliphatic hydroxyl groups is 1. The molecule has 1 rings (SSSR count). The Hall–Kier alpha value is -0.700. The van der Waals surface area contributed by atoms with E-state index in [2.05, 4.69) is 5.18 Å². The predicted octanol–water partition coefficient (Wildman–Crippen LogP) is 1.71. The fourth-order valence-electron chi connectivity index (χ4n) is 1.66. The molecule has 0 radical (unpaired) electrons. The van der Waals surface area contributed by atoms with E-state index in [1.165, 1.54) is 0 Å². The average molecular weight is 169 g/mol. The summed E-state index contributed by atoms with van der Waals surface area (Å²) in [5.41, 5.74) is 0.866. The molecule has 0 saturated carbocycles. The first-order chi connectivity index (χ1) is 5.57. The van der Waals surface area contributed by atoms with Crippen molar-refractivity contribution in [2.24, 2.45) is 17.0 Å². The summed E-state index contributed by atoms with van der Waals surface area (Å²) in [4.78, 5) is 10.4. The van der Waals surface area contributed by atoms with E-state index in [0.717, 1.165) is 5.57 Å². The molecule has 0 aliphatic heterocycles. The van der Waals surface area contributed by atoms with Crippen LogP contribution in [0.2, 0.25) is 0 Å². The quantitative estimate of drug-likeness (QED) is 0.480. The van der Waals surface area contributed by atoms with E-state index < -0.39 is 6.10 Å². The van der Waals surface area contributed by atoms with Gasteiger partial charge in [-0.05, 0) is 24.3 Å². The monoisotopic (exact) mass is 169 g/mol. The molecule has 0 spiro atoms. The number of aliphatic hydroxyl groups excluding tert-OH is 1. The van der Waals surface area contributed by atoms with Gasteiger partial charge in [0.05, 0.1) is 6.10 Å². The molecule has 1 N–H and O–H groups in total. The van der Waals surface area contributed by atoms with E-state index >= 15 is 0 Å². The van der Waals surface area contributed by atoms with E-state index in [9.17, 15) is 10.0 Å². The molecule has 0 amide bonds. The summed E-state index contributed by atoms with van der Waals surface area (Å²) in [5, 5.41) is 12.6. The molecule has 1 aliphatic rings. The van der Waals surface area contributed by atoms with Gasteiger partial charge < -0.3 is 5.11 Å². The van der Waals surface area contributed by atoms with Crippen molar-refractivity contribution in [2.75, 3.05) is 0 Å². The highest BCUT2D eigenvalue weighted by molar-refractivity contribution is 5.16. The minimum absolute atomic E-state index is 0.123. The van der Waals surface area contributed by atoms with Crippen LogP contribution in [0.4, 0.5) is 0 Å². The molecule has 0 saturated heterocycles. The number of nitroso groups, excluding NO2 is 1. The Labute approximate surface area is 72.5 Å². The molecule has 12 heavy (non-hydrogen) atoms. The van der Waals surface area contributed by atoms with Gasteiger partial charge >= 0.3 is 0 Å². The normalized spacial score (nSPS) is 42.2. The smallest absolute Gasteiger partial charge is 0.113 e. The maximum atomic E-state index is 10.4. The van der Waals surface area contributed by atoms with Crippen molar-refractivity contribution >= 4 is 0 Å². The van der Waals surface area contributed by atoms with Crippen molar-refractivity contribution in [3.8, 4) is 0 Å². The van der Waals surface area contributed by atoms with Gasteiger partial charge in [0.2, 0.25) is 0 Å². The minimum Gasteiger partial charge on any atom is -0.388 e. The third-order valence-electron chi connectivity index (χ3n) is 2.89. The second kappa shape index (κ2) is 3.35. The first-order valence-electron chi connectivity index (χ1n) is 4.26. The van der Waals surface area contributed by atoms with Crippen LogP contribution in [0, 0.1) is 16.7 Å². The molecular weight excluding hydrogens is 154 g/mol. The molecule has 3 nitrogen and oxygen atoms in total. The van der Waals surface area contributed by atoms with E-state index in [1.54, 1.807) is 6.08 Å². The Morgan fingerprint density at radius 3 is 2.50 bits per heavy atom. The molecule has 0 fully saturated rings. The van der Waals surface area contributed by atoms with Crippen LogP contribution in [0.15, 0.2) is 16.8 Å². The van der Waals surface area contributed by atoms with Crippen molar-refractivity contribution in [1.82, 2.24) is 0 Å². The molecule has 3 heteroatoms. The van der Waals surface area contributed by atoms with Gasteiger partial charge in [0, 0.05) is 0 Å². The Bertz CT molecular complexity index is 213. The summed E-state index contributed by atoms with van der Waals surface area (Å²) < 4.78 is 0.